The quantitative estimate of drug-likeness (QED) is 0.720. The Morgan fingerprint density at radius 1 is 1.11 bits per heavy atom. The van der Waals surface area contributed by atoms with Crippen molar-refractivity contribution in [3.8, 4) is 0 Å². The molecule has 18 heavy (non-hydrogen) atoms. The number of rotatable bonds is 6. The Morgan fingerprint density at radius 3 is 2.33 bits per heavy atom. The van der Waals surface area contributed by atoms with Gasteiger partial charge in [-0.2, -0.15) is 0 Å². The van der Waals surface area contributed by atoms with Gasteiger partial charge in [0.2, 0.25) is 0 Å². The predicted octanol–water partition coefficient (Wildman–Crippen LogP) is 1.70. The van der Waals surface area contributed by atoms with Crippen LogP contribution in [-0.2, 0) is 31.9 Å². The molecule has 0 aliphatic carbocycles. The summed E-state index contributed by atoms with van der Waals surface area (Å²) in [6.45, 7) is 4.26. The zero-order valence-corrected chi connectivity index (χ0v) is 10.7. The van der Waals surface area contributed by atoms with E-state index in [1.165, 1.54) is 0 Å². The fourth-order valence-electron chi connectivity index (χ4n) is 1.53. The lowest BCUT2D eigenvalue weighted by molar-refractivity contribution is -0.143. The summed E-state index contributed by atoms with van der Waals surface area (Å²) in [5.74, 6) is -0.562. The fourth-order valence-corrected chi connectivity index (χ4v) is 1.53. The highest BCUT2D eigenvalue weighted by atomic mass is 16.5. The van der Waals surface area contributed by atoms with Gasteiger partial charge in [0.25, 0.3) is 0 Å². The van der Waals surface area contributed by atoms with Gasteiger partial charge in [0.1, 0.15) is 0 Å². The largest absolute Gasteiger partial charge is 0.466 e. The maximum absolute atomic E-state index is 11.3. The lowest BCUT2D eigenvalue weighted by atomic mass is 10.1. The van der Waals surface area contributed by atoms with Crippen molar-refractivity contribution in [2.24, 2.45) is 0 Å². The van der Waals surface area contributed by atoms with Crippen LogP contribution < -0.4 is 0 Å². The number of esters is 2. The molecular formula is C14H17O4. The van der Waals surface area contributed by atoms with Crippen molar-refractivity contribution < 1.29 is 19.1 Å². The molecule has 0 aliphatic rings. The van der Waals surface area contributed by atoms with E-state index in [-0.39, 0.29) is 24.8 Å². The highest BCUT2D eigenvalue weighted by molar-refractivity contribution is 5.74. The summed E-state index contributed by atoms with van der Waals surface area (Å²) in [4.78, 5) is 22.6. The van der Waals surface area contributed by atoms with Gasteiger partial charge in [-0.1, -0.05) is 18.2 Å². The Balaban J connectivity index is 2.61. The van der Waals surface area contributed by atoms with Crippen LogP contribution in [0, 0.1) is 6.07 Å². The molecule has 1 rings (SSSR count). The first-order valence-corrected chi connectivity index (χ1v) is 5.96. The molecule has 0 aliphatic heterocycles. The highest BCUT2D eigenvalue weighted by Gasteiger charge is 2.07. The Morgan fingerprint density at radius 2 is 1.72 bits per heavy atom. The van der Waals surface area contributed by atoms with E-state index >= 15 is 0 Å². The first-order chi connectivity index (χ1) is 8.65. The van der Waals surface area contributed by atoms with Crippen molar-refractivity contribution in [1.82, 2.24) is 0 Å². The standard InChI is InChI=1S/C14H17O4/c1-3-17-13(15)9-11-6-5-7-12(8-11)10-14(16)18-4-2/h5-6,8H,3-4,9-10H2,1-2H3. The topological polar surface area (TPSA) is 52.6 Å². The molecule has 97 valence electrons. The lowest BCUT2D eigenvalue weighted by Gasteiger charge is -2.05. The van der Waals surface area contributed by atoms with Gasteiger partial charge in [-0.05, 0) is 31.0 Å². The summed E-state index contributed by atoms with van der Waals surface area (Å²) < 4.78 is 9.72. The van der Waals surface area contributed by atoms with Crippen LogP contribution in [-0.4, -0.2) is 25.2 Å². The first kappa shape index (κ1) is 14.2. The molecule has 0 atom stereocenters. The van der Waals surface area contributed by atoms with Crippen LogP contribution in [0.5, 0.6) is 0 Å². The monoisotopic (exact) mass is 249 g/mol. The number of hydrogen-bond acceptors (Lipinski definition) is 4. The van der Waals surface area contributed by atoms with Gasteiger partial charge < -0.3 is 9.47 Å². The minimum absolute atomic E-state index is 0.171. The third-order valence-electron chi connectivity index (χ3n) is 2.22. The van der Waals surface area contributed by atoms with E-state index in [2.05, 4.69) is 6.07 Å². The molecule has 0 aromatic heterocycles. The van der Waals surface area contributed by atoms with Crippen molar-refractivity contribution in [2.45, 2.75) is 26.7 Å². The number of carbonyl (C=O) groups excluding carboxylic acids is 2. The molecule has 1 radical (unpaired) electrons. The van der Waals surface area contributed by atoms with Gasteiger partial charge in [-0.25, -0.2) is 0 Å². The van der Waals surface area contributed by atoms with Crippen LogP contribution in [0.15, 0.2) is 18.2 Å². The maximum Gasteiger partial charge on any atom is 0.310 e. The van der Waals surface area contributed by atoms with Crippen LogP contribution >= 0.6 is 0 Å². The molecule has 0 heterocycles. The van der Waals surface area contributed by atoms with Crippen LogP contribution in [0.1, 0.15) is 25.0 Å². The zero-order chi connectivity index (χ0) is 13.4. The predicted molar refractivity (Wildman–Crippen MR) is 66.0 cm³/mol. The van der Waals surface area contributed by atoms with Crippen LogP contribution in [0.3, 0.4) is 0 Å². The van der Waals surface area contributed by atoms with Gasteiger partial charge >= 0.3 is 11.9 Å². The second kappa shape index (κ2) is 7.48. The van der Waals surface area contributed by atoms with Crippen molar-refractivity contribution in [3.63, 3.8) is 0 Å². The van der Waals surface area contributed by atoms with E-state index < -0.39 is 0 Å². The van der Waals surface area contributed by atoms with Crippen molar-refractivity contribution in [3.05, 3.63) is 35.4 Å². The molecule has 0 N–H and O–H groups in total. The Labute approximate surface area is 107 Å². The van der Waals surface area contributed by atoms with Crippen LogP contribution in [0.2, 0.25) is 0 Å². The van der Waals surface area contributed by atoms with Crippen LogP contribution in [0.25, 0.3) is 0 Å². The number of hydrogen-bond donors (Lipinski definition) is 0. The van der Waals surface area contributed by atoms with Gasteiger partial charge in [0, 0.05) is 0 Å². The van der Waals surface area contributed by atoms with Gasteiger partial charge in [0.05, 0.1) is 26.1 Å². The average molecular weight is 249 g/mol. The summed E-state index contributed by atoms with van der Waals surface area (Å²) >= 11 is 0. The summed E-state index contributed by atoms with van der Waals surface area (Å²) in [5, 5.41) is 0. The molecule has 4 nitrogen and oxygen atoms in total. The molecule has 0 fully saturated rings. The molecule has 0 amide bonds. The SMILES string of the molecule is CCOC(=O)Cc1[c]ccc(CC(=O)OCC)c1. The molecular weight excluding hydrogens is 232 g/mol. The summed E-state index contributed by atoms with van der Waals surface area (Å²) in [7, 11) is 0. The van der Waals surface area contributed by atoms with E-state index in [9.17, 15) is 9.59 Å². The second-order valence-electron chi connectivity index (χ2n) is 3.69. The number of benzene rings is 1. The van der Waals surface area contributed by atoms with E-state index in [0.717, 1.165) is 11.1 Å². The second-order valence-corrected chi connectivity index (χ2v) is 3.69. The first-order valence-electron chi connectivity index (χ1n) is 5.96. The smallest absolute Gasteiger partial charge is 0.310 e. The van der Waals surface area contributed by atoms with Crippen LogP contribution in [0.4, 0.5) is 0 Å². The Kier molecular flexibility index (Phi) is 5.91. The number of carbonyl (C=O) groups is 2. The molecule has 0 saturated heterocycles. The minimum Gasteiger partial charge on any atom is -0.466 e. The van der Waals surface area contributed by atoms with Gasteiger partial charge in [-0.15, -0.1) is 0 Å². The molecule has 1 aromatic rings. The third-order valence-corrected chi connectivity index (χ3v) is 2.22. The van der Waals surface area contributed by atoms with E-state index in [1.807, 2.05) is 0 Å². The van der Waals surface area contributed by atoms with E-state index in [1.54, 1.807) is 32.0 Å². The minimum atomic E-state index is -0.290. The van der Waals surface area contributed by atoms with Crippen molar-refractivity contribution >= 4 is 11.9 Å². The molecule has 0 unspecified atom stereocenters. The van der Waals surface area contributed by atoms with E-state index in [4.69, 9.17) is 9.47 Å². The molecule has 0 saturated carbocycles. The van der Waals surface area contributed by atoms with E-state index in [0.29, 0.717) is 13.2 Å². The Bertz CT molecular complexity index is 377. The summed E-state index contributed by atoms with van der Waals surface area (Å²) in [5.41, 5.74) is 1.53. The average Bonchev–Trinajstić information content (AvgIpc) is 2.29. The molecule has 0 spiro atoms. The third kappa shape index (κ3) is 4.99. The molecule has 0 bridgehead atoms. The van der Waals surface area contributed by atoms with Crippen molar-refractivity contribution in [2.75, 3.05) is 13.2 Å². The summed E-state index contributed by atoms with van der Waals surface area (Å²) in [6, 6.07) is 8.20. The highest BCUT2D eigenvalue weighted by Crippen LogP contribution is 2.07. The summed E-state index contributed by atoms with van der Waals surface area (Å²) in [6.07, 6.45) is 0.378. The number of ether oxygens (including phenoxy) is 2. The fraction of sp³-hybridized carbons (Fsp3) is 0.429. The van der Waals surface area contributed by atoms with Gasteiger partial charge in [-0.3, -0.25) is 9.59 Å². The maximum atomic E-state index is 11.3. The lowest BCUT2D eigenvalue weighted by Crippen LogP contribution is -2.09. The van der Waals surface area contributed by atoms with Gasteiger partial charge in [0.15, 0.2) is 0 Å². The molecule has 1 aromatic carbocycles. The zero-order valence-electron chi connectivity index (χ0n) is 10.7. The Hall–Kier alpha value is -1.84. The van der Waals surface area contributed by atoms with Crippen molar-refractivity contribution in [1.29, 1.82) is 0 Å². The normalized spacial score (nSPS) is 9.89. The molecule has 4 heteroatoms.